The monoisotopic (exact) mass is 256 g/mol. The maximum Gasteiger partial charge on any atom is 0.0340 e. The lowest BCUT2D eigenvalue weighted by Gasteiger charge is -2.19. The number of alkyl halides is 1. The minimum absolute atomic E-state index is 0.245. The fourth-order valence-electron chi connectivity index (χ4n) is 1.38. The SMILES string of the molecule is CC(CCl)SCc1ccc(C(C)(C)C)cc1. The van der Waals surface area contributed by atoms with E-state index >= 15 is 0 Å². The molecule has 0 saturated carbocycles. The van der Waals surface area contributed by atoms with Gasteiger partial charge in [0.25, 0.3) is 0 Å². The fraction of sp³-hybridized carbons (Fsp3) is 0.571. The summed E-state index contributed by atoms with van der Waals surface area (Å²) in [7, 11) is 0. The minimum atomic E-state index is 0.245. The summed E-state index contributed by atoms with van der Waals surface area (Å²) in [5.74, 6) is 1.78. The van der Waals surface area contributed by atoms with Crippen molar-refractivity contribution in [2.75, 3.05) is 5.88 Å². The highest BCUT2D eigenvalue weighted by atomic mass is 35.5. The van der Waals surface area contributed by atoms with Gasteiger partial charge in [-0.25, -0.2) is 0 Å². The van der Waals surface area contributed by atoms with E-state index < -0.39 is 0 Å². The van der Waals surface area contributed by atoms with Crippen molar-refractivity contribution in [2.45, 2.75) is 44.1 Å². The first-order valence-electron chi connectivity index (χ1n) is 5.70. The molecule has 2 heteroatoms. The van der Waals surface area contributed by atoms with Crippen molar-refractivity contribution in [3.8, 4) is 0 Å². The molecule has 0 aromatic heterocycles. The molecule has 1 aromatic carbocycles. The highest BCUT2D eigenvalue weighted by Crippen LogP contribution is 2.24. The molecule has 0 nitrogen and oxygen atoms in total. The molecular weight excluding hydrogens is 236 g/mol. The molecule has 0 saturated heterocycles. The van der Waals surface area contributed by atoms with Crippen LogP contribution in [-0.2, 0) is 11.2 Å². The number of rotatable bonds is 4. The van der Waals surface area contributed by atoms with Crippen LogP contribution in [0.2, 0.25) is 0 Å². The summed E-state index contributed by atoms with van der Waals surface area (Å²) >= 11 is 7.69. The third kappa shape index (κ3) is 4.39. The number of halogens is 1. The molecule has 90 valence electrons. The Morgan fingerprint density at radius 1 is 1.19 bits per heavy atom. The van der Waals surface area contributed by atoms with Crippen LogP contribution < -0.4 is 0 Å². The molecule has 0 spiro atoms. The lowest BCUT2D eigenvalue weighted by atomic mass is 9.87. The Balaban J connectivity index is 2.58. The summed E-state index contributed by atoms with van der Waals surface area (Å²) in [5, 5.41) is 0.531. The van der Waals surface area contributed by atoms with Crippen LogP contribution in [0.5, 0.6) is 0 Å². The Morgan fingerprint density at radius 2 is 1.75 bits per heavy atom. The maximum absolute atomic E-state index is 5.78. The molecule has 0 amide bonds. The van der Waals surface area contributed by atoms with Crippen LogP contribution in [0.1, 0.15) is 38.8 Å². The van der Waals surface area contributed by atoms with Crippen LogP contribution in [0.3, 0.4) is 0 Å². The van der Waals surface area contributed by atoms with Gasteiger partial charge in [-0.05, 0) is 16.5 Å². The van der Waals surface area contributed by atoms with E-state index in [1.54, 1.807) is 0 Å². The first kappa shape index (κ1) is 13.9. The Hall–Kier alpha value is -0.140. The number of benzene rings is 1. The molecule has 0 radical (unpaired) electrons. The van der Waals surface area contributed by atoms with E-state index in [0.717, 1.165) is 11.6 Å². The molecule has 0 bridgehead atoms. The molecule has 16 heavy (non-hydrogen) atoms. The van der Waals surface area contributed by atoms with Gasteiger partial charge in [0.15, 0.2) is 0 Å². The van der Waals surface area contributed by atoms with Gasteiger partial charge in [0.2, 0.25) is 0 Å². The Morgan fingerprint density at radius 3 is 2.19 bits per heavy atom. The van der Waals surface area contributed by atoms with Crippen molar-refractivity contribution in [2.24, 2.45) is 0 Å². The summed E-state index contributed by atoms with van der Waals surface area (Å²) in [6, 6.07) is 8.94. The number of thioether (sulfide) groups is 1. The molecule has 1 atom stereocenters. The molecule has 0 aliphatic rings. The second kappa shape index (κ2) is 5.97. The van der Waals surface area contributed by atoms with E-state index in [1.807, 2.05) is 11.8 Å². The van der Waals surface area contributed by atoms with E-state index in [4.69, 9.17) is 11.6 Å². The standard InChI is InChI=1S/C14H21ClS/c1-11(9-15)16-10-12-5-7-13(8-6-12)14(2,3)4/h5-8,11H,9-10H2,1-4H3. The van der Waals surface area contributed by atoms with Crippen LogP contribution >= 0.6 is 23.4 Å². The largest absolute Gasteiger partial charge is 0.153 e. The van der Waals surface area contributed by atoms with Crippen molar-refractivity contribution < 1.29 is 0 Å². The van der Waals surface area contributed by atoms with Crippen LogP contribution in [0, 0.1) is 0 Å². The molecule has 0 N–H and O–H groups in total. The maximum atomic E-state index is 5.78. The van der Waals surface area contributed by atoms with Gasteiger partial charge in [-0.15, -0.1) is 11.6 Å². The van der Waals surface area contributed by atoms with Crippen LogP contribution in [0.4, 0.5) is 0 Å². The van der Waals surface area contributed by atoms with Crippen molar-refractivity contribution in [1.29, 1.82) is 0 Å². The first-order valence-corrected chi connectivity index (χ1v) is 7.29. The third-order valence-electron chi connectivity index (χ3n) is 2.57. The lowest BCUT2D eigenvalue weighted by Crippen LogP contribution is -2.10. The van der Waals surface area contributed by atoms with Crippen LogP contribution in [0.25, 0.3) is 0 Å². The van der Waals surface area contributed by atoms with Crippen molar-refractivity contribution in [3.63, 3.8) is 0 Å². The van der Waals surface area contributed by atoms with Crippen molar-refractivity contribution in [3.05, 3.63) is 35.4 Å². The highest BCUT2D eigenvalue weighted by molar-refractivity contribution is 7.99. The third-order valence-corrected chi connectivity index (χ3v) is 4.45. The first-order chi connectivity index (χ1) is 7.43. The summed E-state index contributed by atoms with van der Waals surface area (Å²) < 4.78 is 0. The van der Waals surface area contributed by atoms with Gasteiger partial charge in [0.05, 0.1) is 0 Å². The predicted octanol–water partition coefficient (Wildman–Crippen LogP) is 4.84. The number of hydrogen-bond acceptors (Lipinski definition) is 1. The zero-order chi connectivity index (χ0) is 12.2. The van der Waals surface area contributed by atoms with E-state index in [-0.39, 0.29) is 5.41 Å². The molecule has 0 aliphatic heterocycles. The van der Waals surface area contributed by atoms with Gasteiger partial charge >= 0.3 is 0 Å². The summed E-state index contributed by atoms with van der Waals surface area (Å²) in [6.07, 6.45) is 0. The van der Waals surface area contributed by atoms with Crippen molar-refractivity contribution in [1.82, 2.24) is 0 Å². The predicted molar refractivity (Wildman–Crippen MR) is 76.6 cm³/mol. The van der Waals surface area contributed by atoms with Gasteiger partial charge in [-0.1, -0.05) is 52.0 Å². The molecule has 1 aromatic rings. The normalized spacial score (nSPS) is 13.8. The summed E-state index contributed by atoms with van der Waals surface area (Å²) in [5.41, 5.74) is 3.02. The van der Waals surface area contributed by atoms with Crippen molar-refractivity contribution >= 4 is 23.4 Å². The van der Waals surface area contributed by atoms with Gasteiger partial charge in [0, 0.05) is 16.9 Å². The Bertz CT molecular complexity index is 311. The molecular formula is C14H21ClS. The highest BCUT2D eigenvalue weighted by Gasteiger charge is 2.12. The quantitative estimate of drug-likeness (QED) is 0.695. The minimum Gasteiger partial charge on any atom is -0.153 e. The van der Waals surface area contributed by atoms with E-state index in [1.165, 1.54) is 11.1 Å². The molecule has 1 rings (SSSR count). The lowest BCUT2D eigenvalue weighted by molar-refractivity contribution is 0.590. The van der Waals surface area contributed by atoms with Gasteiger partial charge in [0.1, 0.15) is 0 Å². The second-order valence-corrected chi connectivity index (χ2v) is 6.96. The Kier molecular flexibility index (Phi) is 5.20. The smallest absolute Gasteiger partial charge is 0.0340 e. The molecule has 0 aliphatic carbocycles. The van der Waals surface area contributed by atoms with Crippen LogP contribution in [-0.4, -0.2) is 11.1 Å². The molecule has 0 fully saturated rings. The fourth-order valence-corrected chi connectivity index (χ4v) is 2.41. The zero-order valence-corrected chi connectivity index (χ0v) is 12.2. The topological polar surface area (TPSA) is 0 Å². The van der Waals surface area contributed by atoms with E-state index in [0.29, 0.717) is 5.25 Å². The van der Waals surface area contributed by atoms with E-state index in [2.05, 4.69) is 52.0 Å². The molecule has 1 unspecified atom stereocenters. The van der Waals surface area contributed by atoms with E-state index in [9.17, 15) is 0 Å². The average molecular weight is 257 g/mol. The van der Waals surface area contributed by atoms with Gasteiger partial charge in [-0.2, -0.15) is 11.8 Å². The zero-order valence-electron chi connectivity index (χ0n) is 10.6. The second-order valence-electron chi connectivity index (χ2n) is 5.22. The van der Waals surface area contributed by atoms with Gasteiger partial charge in [-0.3, -0.25) is 0 Å². The van der Waals surface area contributed by atoms with Gasteiger partial charge < -0.3 is 0 Å². The summed E-state index contributed by atoms with van der Waals surface area (Å²) in [4.78, 5) is 0. The summed E-state index contributed by atoms with van der Waals surface area (Å²) in [6.45, 7) is 8.90. The number of hydrogen-bond donors (Lipinski definition) is 0. The van der Waals surface area contributed by atoms with Crippen LogP contribution in [0.15, 0.2) is 24.3 Å². The molecule has 0 heterocycles. The average Bonchev–Trinajstić information content (AvgIpc) is 2.25. The Labute approximate surface area is 109 Å².